The Labute approximate surface area is 109 Å². The number of aromatic nitrogens is 2. The Morgan fingerprint density at radius 2 is 2.33 bits per heavy atom. The number of thiazole rings is 1. The van der Waals surface area contributed by atoms with E-state index in [1.807, 2.05) is 29.7 Å². The van der Waals surface area contributed by atoms with Gasteiger partial charge in [-0.05, 0) is 31.1 Å². The smallest absolute Gasteiger partial charge is 0.101 e. The third-order valence-corrected chi connectivity index (χ3v) is 3.85. The van der Waals surface area contributed by atoms with Gasteiger partial charge in [-0.2, -0.15) is 5.26 Å². The summed E-state index contributed by atoms with van der Waals surface area (Å²) in [7, 11) is 0. The lowest BCUT2D eigenvalue weighted by Crippen LogP contribution is -1.86. The van der Waals surface area contributed by atoms with Crippen molar-refractivity contribution in [2.45, 2.75) is 18.8 Å². The van der Waals surface area contributed by atoms with Crippen molar-refractivity contribution in [1.82, 2.24) is 9.97 Å². The van der Waals surface area contributed by atoms with Crippen LogP contribution in [-0.2, 0) is 0 Å². The Hall–Kier alpha value is -1.99. The molecular weight excluding hydrogens is 242 g/mol. The first-order valence-corrected chi connectivity index (χ1v) is 6.73. The molecular formula is C14H11N3S. The standard InChI is InChI=1S/C14H11N3S/c15-8-11(13-3-1-2-6-16-13)7-12-9-18-14(17-12)10-4-5-10/h1-3,6-7,9-10H,4-5H2/b11-7-. The fraction of sp³-hybridized carbons (Fsp3) is 0.214. The predicted octanol–water partition coefficient (Wildman–Crippen LogP) is 3.48. The van der Waals surface area contributed by atoms with Gasteiger partial charge in [-0.15, -0.1) is 11.3 Å². The van der Waals surface area contributed by atoms with Crippen LogP contribution in [0.5, 0.6) is 0 Å². The first-order chi connectivity index (χ1) is 8.86. The van der Waals surface area contributed by atoms with E-state index in [1.54, 1.807) is 17.5 Å². The van der Waals surface area contributed by atoms with Gasteiger partial charge in [0.25, 0.3) is 0 Å². The molecule has 0 amide bonds. The average Bonchev–Trinajstić information content (AvgIpc) is 3.17. The molecule has 3 nitrogen and oxygen atoms in total. The van der Waals surface area contributed by atoms with Crippen molar-refractivity contribution in [2.24, 2.45) is 0 Å². The summed E-state index contributed by atoms with van der Waals surface area (Å²) in [5.41, 5.74) is 2.12. The van der Waals surface area contributed by atoms with Gasteiger partial charge >= 0.3 is 0 Å². The Balaban J connectivity index is 1.90. The average molecular weight is 253 g/mol. The lowest BCUT2D eigenvalue weighted by molar-refractivity contribution is 1.08. The molecule has 88 valence electrons. The van der Waals surface area contributed by atoms with Crippen LogP contribution in [0, 0.1) is 11.3 Å². The molecule has 0 radical (unpaired) electrons. The minimum atomic E-state index is 0.559. The van der Waals surface area contributed by atoms with Gasteiger partial charge in [-0.3, -0.25) is 4.98 Å². The van der Waals surface area contributed by atoms with Gasteiger partial charge in [0.15, 0.2) is 0 Å². The number of hydrogen-bond donors (Lipinski definition) is 0. The number of nitriles is 1. The highest BCUT2D eigenvalue weighted by Gasteiger charge is 2.26. The number of hydrogen-bond acceptors (Lipinski definition) is 4. The lowest BCUT2D eigenvalue weighted by Gasteiger charge is -1.95. The van der Waals surface area contributed by atoms with E-state index in [9.17, 15) is 5.26 Å². The van der Waals surface area contributed by atoms with Gasteiger partial charge in [0.1, 0.15) is 6.07 Å². The van der Waals surface area contributed by atoms with Gasteiger partial charge in [0.05, 0.1) is 22.0 Å². The zero-order valence-electron chi connectivity index (χ0n) is 9.71. The summed E-state index contributed by atoms with van der Waals surface area (Å²) in [4.78, 5) is 8.73. The second-order valence-electron chi connectivity index (χ2n) is 4.27. The van der Waals surface area contributed by atoms with E-state index >= 15 is 0 Å². The Kier molecular flexibility index (Phi) is 2.91. The highest BCUT2D eigenvalue weighted by molar-refractivity contribution is 7.09. The molecule has 2 heterocycles. The summed E-state index contributed by atoms with van der Waals surface area (Å²) in [6.07, 6.45) is 6.01. The van der Waals surface area contributed by atoms with Crippen molar-refractivity contribution in [3.8, 4) is 6.07 Å². The summed E-state index contributed by atoms with van der Waals surface area (Å²) in [6, 6.07) is 7.74. The molecule has 18 heavy (non-hydrogen) atoms. The second-order valence-corrected chi connectivity index (χ2v) is 5.16. The summed E-state index contributed by atoms with van der Waals surface area (Å²) >= 11 is 1.68. The number of allylic oxidation sites excluding steroid dienone is 1. The highest BCUT2D eigenvalue weighted by atomic mass is 32.1. The van der Waals surface area contributed by atoms with Crippen LogP contribution in [0.1, 0.15) is 35.2 Å². The van der Waals surface area contributed by atoms with E-state index in [-0.39, 0.29) is 0 Å². The molecule has 0 N–H and O–H groups in total. The maximum Gasteiger partial charge on any atom is 0.101 e. The van der Waals surface area contributed by atoms with Crippen LogP contribution in [-0.4, -0.2) is 9.97 Å². The SMILES string of the molecule is N#C/C(=C/c1csc(C2CC2)n1)c1ccccn1. The minimum absolute atomic E-state index is 0.559. The van der Waals surface area contributed by atoms with Crippen LogP contribution in [0.25, 0.3) is 11.6 Å². The van der Waals surface area contributed by atoms with Gasteiger partial charge < -0.3 is 0 Å². The van der Waals surface area contributed by atoms with Gasteiger partial charge in [-0.25, -0.2) is 4.98 Å². The summed E-state index contributed by atoms with van der Waals surface area (Å²) in [5.74, 6) is 0.664. The van der Waals surface area contributed by atoms with Crippen LogP contribution in [0.2, 0.25) is 0 Å². The number of pyridine rings is 1. The molecule has 3 rings (SSSR count). The molecule has 0 saturated heterocycles. The highest BCUT2D eigenvalue weighted by Crippen LogP contribution is 2.41. The van der Waals surface area contributed by atoms with E-state index in [4.69, 9.17) is 0 Å². The quantitative estimate of drug-likeness (QED) is 0.787. The third kappa shape index (κ3) is 2.31. The fourth-order valence-corrected chi connectivity index (χ4v) is 2.67. The van der Waals surface area contributed by atoms with Gasteiger partial charge in [0, 0.05) is 17.5 Å². The zero-order valence-corrected chi connectivity index (χ0v) is 10.5. The number of rotatable bonds is 3. The van der Waals surface area contributed by atoms with E-state index < -0.39 is 0 Å². The lowest BCUT2D eigenvalue weighted by atomic mass is 10.1. The molecule has 1 aliphatic rings. The van der Waals surface area contributed by atoms with Crippen LogP contribution < -0.4 is 0 Å². The van der Waals surface area contributed by atoms with E-state index in [1.165, 1.54) is 17.8 Å². The molecule has 1 fully saturated rings. The molecule has 0 aliphatic heterocycles. The Morgan fingerprint density at radius 3 is 3.00 bits per heavy atom. The Bertz CT molecular complexity index is 618. The molecule has 4 heteroatoms. The molecule has 2 aromatic rings. The fourth-order valence-electron chi connectivity index (χ4n) is 1.72. The third-order valence-electron chi connectivity index (χ3n) is 2.82. The van der Waals surface area contributed by atoms with Crippen LogP contribution in [0.4, 0.5) is 0 Å². The van der Waals surface area contributed by atoms with Gasteiger partial charge in [-0.1, -0.05) is 6.07 Å². The molecule has 0 aromatic carbocycles. The zero-order chi connectivity index (χ0) is 12.4. The molecule has 0 bridgehead atoms. The second kappa shape index (κ2) is 4.71. The van der Waals surface area contributed by atoms with Crippen molar-refractivity contribution in [2.75, 3.05) is 0 Å². The maximum absolute atomic E-state index is 9.19. The first kappa shape index (κ1) is 11.1. The minimum Gasteiger partial charge on any atom is -0.256 e. The van der Waals surface area contributed by atoms with Crippen LogP contribution >= 0.6 is 11.3 Å². The summed E-state index contributed by atoms with van der Waals surface area (Å²) < 4.78 is 0. The topological polar surface area (TPSA) is 49.6 Å². The molecule has 0 spiro atoms. The Morgan fingerprint density at radius 1 is 1.44 bits per heavy atom. The molecule has 0 atom stereocenters. The number of nitrogens with zero attached hydrogens (tertiary/aromatic N) is 3. The first-order valence-electron chi connectivity index (χ1n) is 5.85. The molecule has 1 saturated carbocycles. The van der Waals surface area contributed by atoms with Crippen LogP contribution in [0.15, 0.2) is 29.8 Å². The largest absolute Gasteiger partial charge is 0.256 e. The summed E-state index contributed by atoms with van der Waals surface area (Å²) in [5, 5.41) is 12.4. The van der Waals surface area contributed by atoms with Crippen molar-refractivity contribution in [3.63, 3.8) is 0 Å². The normalized spacial score (nSPS) is 15.4. The predicted molar refractivity (Wildman–Crippen MR) is 71.8 cm³/mol. The van der Waals surface area contributed by atoms with E-state index in [2.05, 4.69) is 16.0 Å². The van der Waals surface area contributed by atoms with E-state index in [0.29, 0.717) is 17.2 Å². The summed E-state index contributed by atoms with van der Waals surface area (Å²) in [6.45, 7) is 0. The van der Waals surface area contributed by atoms with Crippen molar-refractivity contribution >= 4 is 23.0 Å². The maximum atomic E-state index is 9.19. The molecule has 0 unspecified atom stereocenters. The van der Waals surface area contributed by atoms with E-state index in [0.717, 1.165) is 5.69 Å². The van der Waals surface area contributed by atoms with Crippen molar-refractivity contribution < 1.29 is 0 Å². The molecule has 2 aromatic heterocycles. The van der Waals surface area contributed by atoms with Gasteiger partial charge in [0.2, 0.25) is 0 Å². The van der Waals surface area contributed by atoms with Crippen molar-refractivity contribution in [1.29, 1.82) is 5.26 Å². The molecule has 1 aliphatic carbocycles. The van der Waals surface area contributed by atoms with Crippen molar-refractivity contribution in [3.05, 3.63) is 46.2 Å². The van der Waals surface area contributed by atoms with Crippen LogP contribution in [0.3, 0.4) is 0 Å². The monoisotopic (exact) mass is 253 g/mol.